The molecule has 0 saturated heterocycles. The van der Waals surface area contributed by atoms with Crippen LogP contribution in [-0.4, -0.2) is 11.1 Å². The lowest BCUT2D eigenvalue weighted by Gasteiger charge is -2.11. The van der Waals surface area contributed by atoms with Crippen molar-refractivity contribution in [2.75, 3.05) is 0 Å². The van der Waals surface area contributed by atoms with Crippen LogP contribution >= 0.6 is 11.8 Å². The summed E-state index contributed by atoms with van der Waals surface area (Å²) in [4.78, 5) is 11.7. The Kier molecular flexibility index (Phi) is 4.22. The van der Waals surface area contributed by atoms with Gasteiger partial charge in [0.15, 0.2) is 0 Å². The van der Waals surface area contributed by atoms with Crippen molar-refractivity contribution in [3.63, 3.8) is 0 Å². The van der Waals surface area contributed by atoms with Gasteiger partial charge in [0.2, 0.25) is 0 Å². The van der Waals surface area contributed by atoms with Gasteiger partial charge in [-0.05, 0) is 36.4 Å². The lowest BCUT2D eigenvalue weighted by molar-refractivity contribution is -0.138. The van der Waals surface area contributed by atoms with E-state index in [1.54, 1.807) is 6.07 Å². The molecule has 0 atom stereocenters. The third-order valence-corrected chi connectivity index (χ3v) is 3.54. The highest BCUT2D eigenvalue weighted by molar-refractivity contribution is 7.99. The fraction of sp³-hybridized carbons (Fsp3) is 0.0714. The number of rotatable bonds is 3. The maximum Gasteiger partial charge on any atom is 0.417 e. The van der Waals surface area contributed by atoms with Crippen LogP contribution in [0.25, 0.3) is 0 Å². The van der Waals surface area contributed by atoms with Gasteiger partial charge in [0.25, 0.3) is 0 Å². The first-order valence-electron chi connectivity index (χ1n) is 5.65. The fourth-order valence-electron chi connectivity index (χ4n) is 1.68. The van der Waals surface area contributed by atoms with Gasteiger partial charge in [-0.3, -0.25) is 0 Å². The van der Waals surface area contributed by atoms with E-state index >= 15 is 0 Å². The fourth-order valence-corrected chi connectivity index (χ4v) is 2.58. The Morgan fingerprint density at radius 3 is 2.29 bits per heavy atom. The molecule has 0 spiro atoms. The van der Waals surface area contributed by atoms with Crippen LogP contribution in [0.4, 0.5) is 17.6 Å². The minimum atomic E-state index is -4.74. The number of benzene rings is 2. The quantitative estimate of drug-likeness (QED) is 0.834. The van der Waals surface area contributed by atoms with Crippen molar-refractivity contribution in [3.05, 3.63) is 59.4 Å². The van der Waals surface area contributed by atoms with Crippen molar-refractivity contribution in [3.8, 4) is 0 Å². The molecule has 2 aromatic carbocycles. The van der Waals surface area contributed by atoms with E-state index in [1.807, 2.05) is 0 Å². The second-order valence-electron chi connectivity index (χ2n) is 4.07. The predicted octanol–water partition coefficient (Wildman–Crippen LogP) is 4.69. The molecule has 0 aliphatic carbocycles. The summed E-state index contributed by atoms with van der Waals surface area (Å²) in [7, 11) is 0. The Bertz CT molecular complexity index is 683. The summed E-state index contributed by atoms with van der Waals surface area (Å²) in [5.41, 5.74) is -2.04. The Morgan fingerprint density at radius 2 is 1.71 bits per heavy atom. The average molecular weight is 316 g/mol. The van der Waals surface area contributed by atoms with Gasteiger partial charge in [0.1, 0.15) is 5.82 Å². The minimum Gasteiger partial charge on any atom is -0.478 e. The van der Waals surface area contributed by atoms with Gasteiger partial charge in [-0.25, -0.2) is 9.18 Å². The second kappa shape index (κ2) is 5.77. The van der Waals surface area contributed by atoms with E-state index in [0.717, 1.165) is 23.9 Å². The van der Waals surface area contributed by atoms with Gasteiger partial charge in [0.05, 0.1) is 11.1 Å². The zero-order valence-corrected chi connectivity index (χ0v) is 11.1. The summed E-state index contributed by atoms with van der Waals surface area (Å²) >= 11 is 0.982. The second-order valence-corrected chi connectivity index (χ2v) is 5.22. The zero-order valence-electron chi connectivity index (χ0n) is 10.3. The molecule has 7 heteroatoms. The van der Waals surface area contributed by atoms with Crippen LogP contribution in [0.15, 0.2) is 52.3 Å². The van der Waals surface area contributed by atoms with Crippen LogP contribution in [-0.2, 0) is 6.18 Å². The van der Waals surface area contributed by atoms with Gasteiger partial charge in [-0.15, -0.1) is 0 Å². The molecule has 110 valence electrons. The van der Waals surface area contributed by atoms with Gasteiger partial charge in [0, 0.05) is 9.79 Å². The molecule has 0 heterocycles. The summed E-state index contributed by atoms with van der Waals surface area (Å²) in [6.45, 7) is 0. The number of hydrogen-bond donors (Lipinski definition) is 1. The highest BCUT2D eigenvalue weighted by Crippen LogP contribution is 2.36. The standard InChI is InChI=1S/C14H8F4O2S/c15-8-2-1-3-9(6-8)21-10-4-5-12(14(16,17)18)11(7-10)13(19)20/h1-7H,(H,19,20). The lowest BCUT2D eigenvalue weighted by atomic mass is 10.1. The third-order valence-electron chi connectivity index (χ3n) is 2.56. The SMILES string of the molecule is O=C(O)c1cc(Sc2cccc(F)c2)ccc1C(F)(F)F. The number of aromatic carboxylic acids is 1. The van der Waals surface area contributed by atoms with Crippen molar-refractivity contribution in [1.82, 2.24) is 0 Å². The number of hydrogen-bond acceptors (Lipinski definition) is 2. The predicted molar refractivity (Wildman–Crippen MR) is 68.9 cm³/mol. The number of carbonyl (C=O) groups is 1. The molecule has 2 aromatic rings. The van der Waals surface area contributed by atoms with Crippen LogP contribution in [0.5, 0.6) is 0 Å². The maximum atomic E-state index is 13.0. The van der Waals surface area contributed by atoms with Gasteiger partial charge in [-0.2, -0.15) is 13.2 Å². The smallest absolute Gasteiger partial charge is 0.417 e. The summed E-state index contributed by atoms with van der Waals surface area (Å²) in [6, 6.07) is 8.28. The number of carboxylic acids is 1. The summed E-state index contributed by atoms with van der Waals surface area (Å²) in [5, 5.41) is 8.89. The first-order chi connectivity index (χ1) is 9.77. The Labute approximate surface area is 121 Å². The van der Waals surface area contributed by atoms with E-state index in [-0.39, 0.29) is 4.90 Å². The molecular formula is C14H8F4O2S. The van der Waals surface area contributed by atoms with Crippen LogP contribution in [0.1, 0.15) is 15.9 Å². The topological polar surface area (TPSA) is 37.3 Å². The molecule has 0 amide bonds. The molecule has 0 aromatic heterocycles. The Balaban J connectivity index is 2.39. The molecule has 0 radical (unpaired) electrons. The molecule has 1 N–H and O–H groups in total. The van der Waals surface area contributed by atoms with E-state index in [0.29, 0.717) is 11.0 Å². The maximum absolute atomic E-state index is 13.0. The molecule has 2 rings (SSSR count). The zero-order chi connectivity index (χ0) is 15.6. The third kappa shape index (κ3) is 3.75. The summed E-state index contributed by atoms with van der Waals surface area (Å²) in [5.74, 6) is -2.14. The molecule has 0 fully saturated rings. The van der Waals surface area contributed by atoms with Gasteiger partial charge < -0.3 is 5.11 Å². The van der Waals surface area contributed by atoms with Crippen LogP contribution in [0.3, 0.4) is 0 Å². The molecule has 0 aliphatic heterocycles. The minimum absolute atomic E-state index is 0.283. The molecule has 2 nitrogen and oxygen atoms in total. The highest BCUT2D eigenvalue weighted by Gasteiger charge is 2.35. The van der Waals surface area contributed by atoms with Crippen LogP contribution in [0, 0.1) is 5.82 Å². The normalized spacial score (nSPS) is 11.4. The molecule has 0 aliphatic rings. The van der Waals surface area contributed by atoms with Crippen molar-refractivity contribution in [2.24, 2.45) is 0 Å². The molecule has 21 heavy (non-hydrogen) atoms. The molecule has 0 unspecified atom stereocenters. The van der Waals surface area contributed by atoms with Gasteiger partial charge in [-0.1, -0.05) is 17.8 Å². The first kappa shape index (κ1) is 15.4. The molecule has 0 bridgehead atoms. The largest absolute Gasteiger partial charge is 0.478 e. The lowest BCUT2D eigenvalue weighted by Crippen LogP contribution is -2.12. The monoisotopic (exact) mass is 316 g/mol. The van der Waals surface area contributed by atoms with E-state index < -0.39 is 29.1 Å². The van der Waals surface area contributed by atoms with Crippen molar-refractivity contribution in [1.29, 1.82) is 0 Å². The van der Waals surface area contributed by atoms with E-state index in [4.69, 9.17) is 5.11 Å². The molecular weight excluding hydrogens is 308 g/mol. The van der Waals surface area contributed by atoms with Crippen molar-refractivity contribution < 1.29 is 27.5 Å². The Hall–Kier alpha value is -2.02. The van der Waals surface area contributed by atoms with Gasteiger partial charge >= 0.3 is 12.1 Å². The van der Waals surface area contributed by atoms with Crippen LogP contribution < -0.4 is 0 Å². The summed E-state index contributed by atoms with van der Waals surface area (Å²) in [6.07, 6.45) is -4.74. The van der Waals surface area contributed by atoms with Crippen LogP contribution in [0.2, 0.25) is 0 Å². The average Bonchev–Trinajstić information content (AvgIpc) is 2.37. The summed E-state index contributed by atoms with van der Waals surface area (Å²) < 4.78 is 51.1. The first-order valence-corrected chi connectivity index (χ1v) is 6.47. The van der Waals surface area contributed by atoms with E-state index in [1.165, 1.54) is 18.2 Å². The number of halogens is 4. The van der Waals surface area contributed by atoms with E-state index in [2.05, 4.69) is 0 Å². The number of alkyl halides is 3. The Morgan fingerprint density at radius 1 is 1.05 bits per heavy atom. The van der Waals surface area contributed by atoms with E-state index in [9.17, 15) is 22.4 Å². The van der Waals surface area contributed by atoms with Crippen molar-refractivity contribution >= 4 is 17.7 Å². The molecule has 0 saturated carbocycles. The number of carboxylic acid groups (broad SMARTS) is 1. The van der Waals surface area contributed by atoms with Crippen molar-refractivity contribution in [2.45, 2.75) is 16.0 Å². The highest BCUT2D eigenvalue weighted by atomic mass is 32.2.